The molecule has 0 saturated carbocycles. The van der Waals surface area contributed by atoms with Crippen LogP contribution < -0.4 is 0 Å². The van der Waals surface area contributed by atoms with Gasteiger partial charge in [-0.2, -0.15) is 0 Å². The molecule has 9 heavy (non-hydrogen) atoms. The van der Waals surface area contributed by atoms with Crippen molar-refractivity contribution in [2.45, 2.75) is 19.2 Å². The van der Waals surface area contributed by atoms with E-state index in [9.17, 15) is 0 Å². The minimum absolute atomic E-state index is 0.738. The number of alkyl halides is 1. The fourth-order valence-corrected chi connectivity index (χ4v) is 1.22. The van der Waals surface area contributed by atoms with Gasteiger partial charge in [0.25, 0.3) is 0 Å². The highest BCUT2D eigenvalue weighted by atomic mass is 79.9. The Balaban J connectivity index is 3.01. The zero-order valence-electron chi connectivity index (χ0n) is 5.44. The summed E-state index contributed by atoms with van der Waals surface area (Å²) in [4.78, 5) is 4.12. The fourth-order valence-electron chi connectivity index (χ4n) is 0.696. The Morgan fingerprint density at radius 3 is 2.44 bits per heavy atom. The first kappa shape index (κ1) is 6.81. The van der Waals surface area contributed by atoms with Crippen LogP contribution in [-0.2, 0) is 5.33 Å². The summed E-state index contributed by atoms with van der Waals surface area (Å²) in [5.74, 6) is 1.64. The van der Waals surface area contributed by atoms with Crippen molar-refractivity contribution < 1.29 is 4.42 Å². The van der Waals surface area contributed by atoms with E-state index in [1.807, 2.05) is 13.8 Å². The van der Waals surface area contributed by atoms with E-state index in [-0.39, 0.29) is 0 Å². The van der Waals surface area contributed by atoms with Gasteiger partial charge >= 0.3 is 0 Å². The Hall–Kier alpha value is -0.310. The molecule has 2 nitrogen and oxygen atoms in total. The Morgan fingerprint density at radius 2 is 2.22 bits per heavy atom. The molecule has 1 heterocycles. The third-order valence-electron chi connectivity index (χ3n) is 1.13. The second-order valence-corrected chi connectivity index (χ2v) is 2.43. The van der Waals surface area contributed by atoms with Crippen LogP contribution in [0.1, 0.15) is 17.3 Å². The van der Waals surface area contributed by atoms with Crippen LogP contribution >= 0.6 is 15.9 Å². The van der Waals surface area contributed by atoms with Crippen molar-refractivity contribution >= 4 is 15.9 Å². The average Bonchev–Trinajstić information content (AvgIpc) is 2.10. The molecule has 1 rings (SSSR count). The van der Waals surface area contributed by atoms with Crippen molar-refractivity contribution in [3.8, 4) is 0 Å². The Morgan fingerprint density at radius 1 is 1.56 bits per heavy atom. The smallest absolute Gasteiger partial charge is 0.191 e. The lowest BCUT2D eigenvalue weighted by atomic mass is 10.4. The summed E-state index contributed by atoms with van der Waals surface area (Å²) in [6, 6.07) is 0. The highest BCUT2D eigenvalue weighted by Crippen LogP contribution is 2.11. The van der Waals surface area contributed by atoms with Gasteiger partial charge in [-0.15, -0.1) is 0 Å². The Labute approximate surface area is 62.4 Å². The SMILES string of the molecule is Cc1nc(CBr)c(C)o1. The summed E-state index contributed by atoms with van der Waals surface area (Å²) in [6.07, 6.45) is 0. The van der Waals surface area contributed by atoms with Crippen molar-refractivity contribution in [2.75, 3.05) is 0 Å². The molecule has 0 aliphatic carbocycles. The number of nitrogens with zero attached hydrogens (tertiary/aromatic N) is 1. The van der Waals surface area contributed by atoms with E-state index in [1.165, 1.54) is 0 Å². The number of oxazole rings is 1. The molecule has 0 N–H and O–H groups in total. The van der Waals surface area contributed by atoms with Crippen LogP contribution in [0.25, 0.3) is 0 Å². The van der Waals surface area contributed by atoms with Gasteiger partial charge in [0, 0.05) is 12.3 Å². The maximum atomic E-state index is 5.16. The molecule has 0 spiro atoms. The van der Waals surface area contributed by atoms with Crippen molar-refractivity contribution in [3.63, 3.8) is 0 Å². The lowest BCUT2D eigenvalue weighted by Gasteiger charge is -1.82. The van der Waals surface area contributed by atoms with Gasteiger partial charge < -0.3 is 4.42 Å². The molecule has 3 heteroatoms. The molecular formula is C6H8BrNO. The molecule has 0 aromatic carbocycles. The highest BCUT2D eigenvalue weighted by molar-refractivity contribution is 9.08. The van der Waals surface area contributed by atoms with Crippen molar-refractivity contribution in [2.24, 2.45) is 0 Å². The van der Waals surface area contributed by atoms with Crippen LogP contribution in [0, 0.1) is 13.8 Å². The molecule has 0 saturated heterocycles. The Kier molecular flexibility index (Phi) is 1.90. The molecule has 0 aliphatic rings. The van der Waals surface area contributed by atoms with Crippen LogP contribution in [0.3, 0.4) is 0 Å². The normalized spacial score (nSPS) is 10.1. The first-order valence-electron chi connectivity index (χ1n) is 2.73. The first-order valence-corrected chi connectivity index (χ1v) is 3.85. The molecule has 0 fully saturated rings. The highest BCUT2D eigenvalue weighted by Gasteiger charge is 2.02. The zero-order valence-corrected chi connectivity index (χ0v) is 7.03. The van der Waals surface area contributed by atoms with Gasteiger partial charge in [0.05, 0.1) is 5.69 Å². The predicted molar refractivity (Wildman–Crippen MR) is 38.6 cm³/mol. The van der Waals surface area contributed by atoms with E-state index < -0.39 is 0 Å². The quantitative estimate of drug-likeness (QED) is 0.634. The molecule has 0 radical (unpaired) electrons. The second kappa shape index (κ2) is 2.52. The number of rotatable bonds is 1. The lowest BCUT2D eigenvalue weighted by Crippen LogP contribution is -1.78. The van der Waals surface area contributed by atoms with Crippen molar-refractivity contribution in [3.05, 3.63) is 17.3 Å². The predicted octanol–water partition coefficient (Wildman–Crippen LogP) is 2.19. The van der Waals surface area contributed by atoms with E-state index in [4.69, 9.17) is 4.42 Å². The third kappa shape index (κ3) is 1.33. The first-order chi connectivity index (χ1) is 4.24. The second-order valence-electron chi connectivity index (χ2n) is 1.87. The average molecular weight is 190 g/mol. The van der Waals surface area contributed by atoms with Gasteiger partial charge in [-0.25, -0.2) is 4.98 Å². The summed E-state index contributed by atoms with van der Waals surface area (Å²) < 4.78 is 5.16. The van der Waals surface area contributed by atoms with Crippen molar-refractivity contribution in [1.82, 2.24) is 4.98 Å². The molecule has 0 atom stereocenters. The topological polar surface area (TPSA) is 26.0 Å². The lowest BCUT2D eigenvalue weighted by molar-refractivity contribution is 0.493. The molecule has 0 bridgehead atoms. The molecule has 0 aliphatic heterocycles. The summed E-state index contributed by atoms with van der Waals surface area (Å²) in [5, 5.41) is 0.774. The van der Waals surface area contributed by atoms with Gasteiger partial charge in [0.1, 0.15) is 5.76 Å². The van der Waals surface area contributed by atoms with Crippen LogP contribution in [0.2, 0.25) is 0 Å². The summed E-state index contributed by atoms with van der Waals surface area (Å²) in [7, 11) is 0. The molecule has 50 valence electrons. The molecule has 0 amide bonds. The van der Waals surface area contributed by atoms with E-state index in [2.05, 4.69) is 20.9 Å². The number of aryl methyl sites for hydroxylation is 2. The minimum Gasteiger partial charge on any atom is -0.446 e. The van der Waals surface area contributed by atoms with Crippen molar-refractivity contribution in [1.29, 1.82) is 0 Å². The van der Waals surface area contributed by atoms with Crippen LogP contribution in [0.5, 0.6) is 0 Å². The summed E-state index contributed by atoms with van der Waals surface area (Å²) in [6.45, 7) is 3.76. The Bertz CT molecular complexity index is 207. The number of hydrogen-bond donors (Lipinski definition) is 0. The summed E-state index contributed by atoms with van der Waals surface area (Å²) in [5.41, 5.74) is 0.993. The zero-order chi connectivity index (χ0) is 6.85. The third-order valence-corrected chi connectivity index (χ3v) is 1.66. The largest absolute Gasteiger partial charge is 0.446 e. The van der Waals surface area contributed by atoms with Gasteiger partial charge in [-0.1, -0.05) is 15.9 Å². The standard InChI is InChI=1S/C6H8BrNO/c1-4-6(3-7)8-5(2)9-4/h3H2,1-2H3. The van der Waals surface area contributed by atoms with E-state index in [0.717, 1.165) is 22.7 Å². The summed E-state index contributed by atoms with van der Waals surface area (Å²) >= 11 is 3.30. The van der Waals surface area contributed by atoms with Crippen LogP contribution in [0.15, 0.2) is 4.42 Å². The van der Waals surface area contributed by atoms with Crippen LogP contribution in [-0.4, -0.2) is 4.98 Å². The molecular weight excluding hydrogens is 182 g/mol. The van der Waals surface area contributed by atoms with Gasteiger partial charge in [0.15, 0.2) is 5.89 Å². The fraction of sp³-hybridized carbons (Fsp3) is 0.500. The van der Waals surface area contributed by atoms with Gasteiger partial charge in [0.2, 0.25) is 0 Å². The molecule has 1 aromatic heterocycles. The number of hydrogen-bond acceptors (Lipinski definition) is 2. The monoisotopic (exact) mass is 189 g/mol. The number of halogens is 1. The van der Waals surface area contributed by atoms with E-state index in [1.54, 1.807) is 0 Å². The maximum Gasteiger partial charge on any atom is 0.191 e. The van der Waals surface area contributed by atoms with Gasteiger partial charge in [-0.05, 0) is 6.92 Å². The van der Waals surface area contributed by atoms with E-state index >= 15 is 0 Å². The van der Waals surface area contributed by atoms with E-state index in [0.29, 0.717) is 0 Å². The van der Waals surface area contributed by atoms with Crippen LogP contribution in [0.4, 0.5) is 0 Å². The maximum absolute atomic E-state index is 5.16. The molecule has 1 aromatic rings. The molecule has 0 unspecified atom stereocenters. The minimum atomic E-state index is 0.738. The van der Waals surface area contributed by atoms with Gasteiger partial charge in [-0.3, -0.25) is 0 Å². The number of aromatic nitrogens is 1.